The van der Waals surface area contributed by atoms with Crippen LogP contribution in [0.3, 0.4) is 0 Å². The zero-order valence-corrected chi connectivity index (χ0v) is 11.6. The van der Waals surface area contributed by atoms with Crippen molar-refractivity contribution in [2.24, 2.45) is 0 Å². The largest absolute Gasteiger partial charge is 0.299 e. The van der Waals surface area contributed by atoms with Crippen LogP contribution < -0.4 is 5.56 Å². The number of aromatic nitrogens is 4. The molecule has 6 nitrogen and oxygen atoms in total. The van der Waals surface area contributed by atoms with Gasteiger partial charge in [-0.3, -0.25) is 14.6 Å². The molecule has 1 aromatic carbocycles. The molecule has 0 aliphatic carbocycles. The number of benzene rings is 1. The van der Waals surface area contributed by atoms with Gasteiger partial charge in [-0.2, -0.15) is 0 Å². The van der Waals surface area contributed by atoms with E-state index in [1.54, 1.807) is 0 Å². The number of nitrogens with one attached hydrogen (secondary N) is 1. The van der Waals surface area contributed by atoms with Gasteiger partial charge < -0.3 is 0 Å². The first-order chi connectivity index (χ1) is 10.3. The van der Waals surface area contributed by atoms with Crippen LogP contribution in [0.4, 0.5) is 0 Å². The van der Waals surface area contributed by atoms with Crippen LogP contribution in [0.2, 0.25) is 0 Å². The first kappa shape index (κ1) is 13.4. The Balaban J connectivity index is 1.90. The monoisotopic (exact) mass is 298 g/mol. The van der Waals surface area contributed by atoms with Crippen molar-refractivity contribution in [3.63, 3.8) is 0 Å². The van der Waals surface area contributed by atoms with Gasteiger partial charge in [0.1, 0.15) is 5.69 Å². The highest BCUT2D eigenvalue weighted by Crippen LogP contribution is 2.18. The van der Waals surface area contributed by atoms with Crippen LogP contribution in [0.25, 0.3) is 11.2 Å². The number of hydrogen-bond acceptors (Lipinski definition) is 6. The minimum absolute atomic E-state index is 0.0728. The molecule has 0 saturated heterocycles. The lowest BCUT2D eigenvalue weighted by Gasteiger charge is -2.02. The SMILES string of the molecule is O=Cc1cnc2nc(SCc3ccccc3)[nH]c(=O)c2n1. The van der Waals surface area contributed by atoms with E-state index in [0.29, 0.717) is 17.2 Å². The summed E-state index contributed by atoms with van der Waals surface area (Å²) in [6, 6.07) is 9.87. The van der Waals surface area contributed by atoms with Gasteiger partial charge in [0.2, 0.25) is 0 Å². The first-order valence-electron chi connectivity index (χ1n) is 6.15. The van der Waals surface area contributed by atoms with Crippen molar-refractivity contribution in [1.82, 2.24) is 19.9 Å². The Bertz CT molecular complexity index is 848. The van der Waals surface area contributed by atoms with Gasteiger partial charge in [-0.1, -0.05) is 42.1 Å². The number of aromatic amines is 1. The summed E-state index contributed by atoms with van der Waals surface area (Å²) >= 11 is 1.41. The van der Waals surface area contributed by atoms with Gasteiger partial charge in [0.15, 0.2) is 22.6 Å². The third-order valence-electron chi connectivity index (χ3n) is 2.75. The summed E-state index contributed by atoms with van der Waals surface area (Å²) in [5.41, 5.74) is 1.16. The molecular formula is C14H10N4O2S. The van der Waals surface area contributed by atoms with E-state index in [2.05, 4.69) is 19.9 Å². The molecule has 0 spiro atoms. The molecule has 0 aliphatic rings. The number of hydrogen-bond donors (Lipinski definition) is 1. The molecular weight excluding hydrogens is 288 g/mol. The van der Waals surface area contributed by atoms with E-state index in [1.807, 2.05) is 30.3 Å². The van der Waals surface area contributed by atoms with Crippen molar-refractivity contribution in [2.75, 3.05) is 0 Å². The number of fused-ring (bicyclic) bond motifs is 1. The van der Waals surface area contributed by atoms with E-state index >= 15 is 0 Å². The highest BCUT2D eigenvalue weighted by Gasteiger charge is 2.08. The van der Waals surface area contributed by atoms with Gasteiger partial charge in [-0.05, 0) is 5.56 Å². The molecule has 0 amide bonds. The number of carbonyl (C=O) groups excluding carboxylic acids is 1. The fourth-order valence-electron chi connectivity index (χ4n) is 1.76. The van der Waals surface area contributed by atoms with E-state index in [9.17, 15) is 9.59 Å². The summed E-state index contributed by atoms with van der Waals surface area (Å²) in [6.07, 6.45) is 1.84. The second-order valence-corrected chi connectivity index (χ2v) is 5.19. The second-order valence-electron chi connectivity index (χ2n) is 4.23. The molecule has 0 bridgehead atoms. The van der Waals surface area contributed by atoms with Crippen LogP contribution in [0.15, 0.2) is 46.5 Å². The van der Waals surface area contributed by atoms with Gasteiger partial charge in [0, 0.05) is 5.75 Å². The van der Waals surface area contributed by atoms with Gasteiger partial charge in [-0.15, -0.1) is 0 Å². The van der Waals surface area contributed by atoms with E-state index in [4.69, 9.17) is 0 Å². The maximum absolute atomic E-state index is 12.0. The average molecular weight is 298 g/mol. The highest BCUT2D eigenvalue weighted by atomic mass is 32.2. The molecule has 0 aliphatic heterocycles. The highest BCUT2D eigenvalue weighted by molar-refractivity contribution is 7.98. The molecule has 0 unspecified atom stereocenters. The maximum Gasteiger partial charge on any atom is 0.279 e. The Morgan fingerprint density at radius 1 is 1.19 bits per heavy atom. The number of H-pyrrole nitrogens is 1. The fourth-order valence-corrected chi connectivity index (χ4v) is 2.57. The van der Waals surface area contributed by atoms with Crippen molar-refractivity contribution in [2.45, 2.75) is 10.9 Å². The molecule has 2 aromatic heterocycles. The third kappa shape index (κ3) is 2.97. The lowest BCUT2D eigenvalue weighted by Crippen LogP contribution is -2.12. The quantitative estimate of drug-likeness (QED) is 0.449. The van der Waals surface area contributed by atoms with Crippen LogP contribution >= 0.6 is 11.8 Å². The van der Waals surface area contributed by atoms with Gasteiger partial charge in [0.25, 0.3) is 5.56 Å². The predicted molar refractivity (Wildman–Crippen MR) is 79.3 cm³/mol. The number of nitrogens with zero attached hydrogens (tertiary/aromatic N) is 3. The second kappa shape index (κ2) is 5.84. The van der Waals surface area contributed by atoms with Gasteiger partial charge in [0.05, 0.1) is 6.20 Å². The van der Waals surface area contributed by atoms with Crippen molar-refractivity contribution in [1.29, 1.82) is 0 Å². The van der Waals surface area contributed by atoms with E-state index in [0.717, 1.165) is 5.56 Å². The smallest absolute Gasteiger partial charge is 0.279 e. The molecule has 0 saturated carbocycles. The number of rotatable bonds is 4. The van der Waals surface area contributed by atoms with Crippen LogP contribution in [-0.2, 0) is 5.75 Å². The Morgan fingerprint density at radius 3 is 2.76 bits per heavy atom. The van der Waals surface area contributed by atoms with Gasteiger partial charge in [-0.25, -0.2) is 15.0 Å². The van der Waals surface area contributed by atoms with Crippen molar-refractivity contribution in [3.05, 3.63) is 58.1 Å². The lowest BCUT2D eigenvalue weighted by atomic mass is 10.2. The number of thioether (sulfide) groups is 1. The maximum atomic E-state index is 12.0. The summed E-state index contributed by atoms with van der Waals surface area (Å²) in [5, 5.41) is 0.476. The Morgan fingerprint density at radius 2 is 2.00 bits per heavy atom. The zero-order valence-electron chi connectivity index (χ0n) is 10.8. The van der Waals surface area contributed by atoms with Crippen molar-refractivity contribution in [3.8, 4) is 0 Å². The van der Waals surface area contributed by atoms with E-state index < -0.39 is 5.56 Å². The normalized spacial score (nSPS) is 10.7. The molecule has 0 radical (unpaired) electrons. The van der Waals surface area contributed by atoms with Crippen molar-refractivity contribution >= 4 is 29.2 Å². The van der Waals surface area contributed by atoms with Crippen LogP contribution in [0.5, 0.6) is 0 Å². The molecule has 21 heavy (non-hydrogen) atoms. The average Bonchev–Trinajstić information content (AvgIpc) is 2.54. The van der Waals surface area contributed by atoms with E-state index in [1.165, 1.54) is 18.0 Å². The van der Waals surface area contributed by atoms with Crippen molar-refractivity contribution < 1.29 is 4.79 Å². The Hall–Kier alpha value is -2.54. The summed E-state index contributed by atoms with van der Waals surface area (Å²) in [7, 11) is 0. The molecule has 104 valence electrons. The molecule has 3 rings (SSSR count). The Labute approximate surface area is 123 Å². The first-order valence-corrected chi connectivity index (χ1v) is 7.14. The summed E-state index contributed by atoms with van der Waals surface area (Å²) < 4.78 is 0. The number of carbonyl (C=O) groups is 1. The summed E-state index contributed by atoms with van der Waals surface area (Å²) in [4.78, 5) is 37.4. The number of aldehydes is 1. The molecule has 7 heteroatoms. The topological polar surface area (TPSA) is 88.6 Å². The molecule has 0 atom stereocenters. The van der Waals surface area contributed by atoms with Gasteiger partial charge >= 0.3 is 0 Å². The van der Waals surface area contributed by atoms with E-state index in [-0.39, 0.29) is 16.9 Å². The zero-order chi connectivity index (χ0) is 14.7. The van der Waals surface area contributed by atoms with Crippen LogP contribution in [0, 0.1) is 0 Å². The predicted octanol–water partition coefficient (Wildman–Crippen LogP) is 1.82. The molecule has 1 N–H and O–H groups in total. The van der Waals surface area contributed by atoms with Crippen LogP contribution in [0.1, 0.15) is 16.1 Å². The molecule has 3 aromatic rings. The Kier molecular flexibility index (Phi) is 3.74. The minimum Gasteiger partial charge on any atom is -0.299 e. The summed E-state index contributed by atoms with van der Waals surface area (Å²) in [6.45, 7) is 0. The summed E-state index contributed by atoms with van der Waals surface area (Å²) in [5.74, 6) is 0.690. The minimum atomic E-state index is -0.397. The fraction of sp³-hybridized carbons (Fsp3) is 0.0714. The van der Waals surface area contributed by atoms with Crippen LogP contribution in [-0.4, -0.2) is 26.2 Å². The molecule has 0 fully saturated rings. The third-order valence-corrected chi connectivity index (χ3v) is 3.70. The lowest BCUT2D eigenvalue weighted by molar-refractivity contribution is 0.111. The molecule has 2 heterocycles. The standard InChI is InChI=1S/C14H10N4O2S/c19-7-10-6-15-12-11(16-10)13(20)18-14(17-12)21-8-9-4-2-1-3-5-9/h1-7H,8H2,(H,15,17,18,20).